The lowest BCUT2D eigenvalue weighted by Gasteiger charge is -2.09. The summed E-state index contributed by atoms with van der Waals surface area (Å²) in [5, 5.41) is 16.4. The highest BCUT2D eigenvalue weighted by molar-refractivity contribution is 6.25. The summed E-state index contributed by atoms with van der Waals surface area (Å²) in [4.78, 5) is 12.9. The van der Waals surface area contributed by atoms with E-state index in [2.05, 4.69) is 20.7 Å². The number of hydrogen-bond donors (Lipinski definition) is 3. The lowest BCUT2D eigenvalue weighted by Crippen LogP contribution is -2.33. The van der Waals surface area contributed by atoms with E-state index in [-0.39, 0.29) is 18.3 Å². The molecule has 0 heterocycles. The standard InChI is InChI=1S/C9H20N4O2.ClH/c1-13(2)7-3-4-10-5-6-11-9(14)8-12-15;/h8,10,15H,3-7H2,1-2H3,(H,11,14);1H. The zero-order chi connectivity index (χ0) is 11.5. The van der Waals surface area contributed by atoms with Gasteiger partial charge in [-0.1, -0.05) is 5.16 Å². The first kappa shape index (κ1) is 17.5. The highest BCUT2D eigenvalue weighted by atomic mass is 35.5. The Morgan fingerprint density at radius 2 is 2.06 bits per heavy atom. The average Bonchev–Trinajstić information content (AvgIpc) is 2.16. The van der Waals surface area contributed by atoms with Crippen molar-refractivity contribution in [1.29, 1.82) is 0 Å². The molecule has 0 radical (unpaired) electrons. The van der Waals surface area contributed by atoms with Gasteiger partial charge in [-0.3, -0.25) is 4.79 Å². The summed E-state index contributed by atoms with van der Waals surface area (Å²) in [6, 6.07) is 0. The maximum absolute atomic E-state index is 10.8. The maximum atomic E-state index is 10.8. The molecule has 3 N–H and O–H groups in total. The summed E-state index contributed by atoms with van der Waals surface area (Å²) >= 11 is 0. The van der Waals surface area contributed by atoms with Crippen LogP contribution in [-0.4, -0.2) is 62.5 Å². The summed E-state index contributed by atoms with van der Waals surface area (Å²) in [5.41, 5.74) is 0. The fourth-order valence-corrected chi connectivity index (χ4v) is 1.02. The summed E-state index contributed by atoms with van der Waals surface area (Å²) < 4.78 is 0. The van der Waals surface area contributed by atoms with Crippen LogP contribution in [0.5, 0.6) is 0 Å². The Morgan fingerprint density at radius 1 is 1.38 bits per heavy atom. The zero-order valence-corrected chi connectivity index (χ0v) is 10.6. The molecule has 0 bridgehead atoms. The molecule has 0 saturated carbocycles. The Kier molecular flexibility index (Phi) is 13.4. The van der Waals surface area contributed by atoms with Crippen LogP contribution >= 0.6 is 12.4 Å². The van der Waals surface area contributed by atoms with Gasteiger partial charge in [-0.25, -0.2) is 0 Å². The predicted molar refractivity (Wildman–Crippen MR) is 66.6 cm³/mol. The first-order chi connectivity index (χ1) is 7.16. The van der Waals surface area contributed by atoms with Gasteiger partial charge >= 0.3 is 0 Å². The minimum atomic E-state index is -0.382. The molecule has 0 rings (SSSR count). The van der Waals surface area contributed by atoms with Gasteiger partial charge in [0.2, 0.25) is 0 Å². The van der Waals surface area contributed by atoms with Crippen molar-refractivity contribution < 1.29 is 10.0 Å². The van der Waals surface area contributed by atoms with Crippen LogP contribution in [0.2, 0.25) is 0 Å². The van der Waals surface area contributed by atoms with Crippen molar-refractivity contribution in [2.24, 2.45) is 5.16 Å². The smallest absolute Gasteiger partial charge is 0.265 e. The molecule has 96 valence electrons. The Labute approximate surface area is 102 Å². The molecule has 16 heavy (non-hydrogen) atoms. The van der Waals surface area contributed by atoms with Gasteiger partial charge in [0.15, 0.2) is 0 Å². The van der Waals surface area contributed by atoms with Crippen LogP contribution in [0.4, 0.5) is 0 Å². The van der Waals surface area contributed by atoms with Crippen molar-refractivity contribution in [2.45, 2.75) is 6.42 Å². The van der Waals surface area contributed by atoms with Crippen molar-refractivity contribution in [3.63, 3.8) is 0 Å². The van der Waals surface area contributed by atoms with Crippen molar-refractivity contribution in [3.05, 3.63) is 0 Å². The SMILES string of the molecule is CN(C)CCCNCCNC(=O)C=NO.Cl. The van der Waals surface area contributed by atoms with Crippen LogP contribution in [0, 0.1) is 0 Å². The number of halogens is 1. The quantitative estimate of drug-likeness (QED) is 0.236. The van der Waals surface area contributed by atoms with Gasteiger partial charge in [0, 0.05) is 13.1 Å². The van der Waals surface area contributed by atoms with Crippen LogP contribution in [0.15, 0.2) is 5.16 Å². The summed E-state index contributed by atoms with van der Waals surface area (Å²) in [6.45, 7) is 3.24. The fourth-order valence-electron chi connectivity index (χ4n) is 1.02. The van der Waals surface area contributed by atoms with Crippen LogP contribution in [0.25, 0.3) is 0 Å². The largest absolute Gasteiger partial charge is 0.411 e. The molecular formula is C9H21ClN4O2. The number of carbonyl (C=O) groups is 1. The highest BCUT2D eigenvalue weighted by Gasteiger charge is 1.94. The third-order valence-electron chi connectivity index (χ3n) is 1.73. The number of carbonyl (C=O) groups excluding carboxylic acids is 1. The normalized spacial score (nSPS) is 10.4. The molecular weight excluding hydrogens is 232 g/mol. The summed E-state index contributed by atoms with van der Waals surface area (Å²) in [5.74, 6) is -0.382. The molecule has 0 atom stereocenters. The number of nitrogens with one attached hydrogen (secondary N) is 2. The molecule has 0 unspecified atom stereocenters. The van der Waals surface area contributed by atoms with Crippen molar-refractivity contribution >= 4 is 24.5 Å². The first-order valence-electron chi connectivity index (χ1n) is 4.97. The van der Waals surface area contributed by atoms with Gasteiger partial charge in [-0.2, -0.15) is 0 Å². The topological polar surface area (TPSA) is 77.0 Å². The Morgan fingerprint density at radius 3 is 2.62 bits per heavy atom. The first-order valence-corrected chi connectivity index (χ1v) is 4.97. The molecule has 0 aliphatic heterocycles. The summed E-state index contributed by atoms with van der Waals surface area (Å²) in [6.07, 6.45) is 1.92. The Hall–Kier alpha value is -0.850. The second kappa shape index (κ2) is 12.2. The van der Waals surface area contributed by atoms with Crippen LogP contribution in [0.1, 0.15) is 6.42 Å². The molecule has 1 amide bonds. The molecule has 0 spiro atoms. The minimum Gasteiger partial charge on any atom is -0.411 e. The van der Waals surface area contributed by atoms with E-state index < -0.39 is 0 Å². The molecule has 7 heteroatoms. The van der Waals surface area contributed by atoms with Gasteiger partial charge in [0.1, 0.15) is 6.21 Å². The highest BCUT2D eigenvalue weighted by Crippen LogP contribution is 1.79. The zero-order valence-electron chi connectivity index (χ0n) is 9.77. The second-order valence-electron chi connectivity index (χ2n) is 3.44. The van der Waals surface area contributed by atoms with Crippen molar-refractivity contribution in [1.82, 2.24) is 15.5 Å². The van der Waals surface area contributed by atoms with E-state index in [4.69, 9.17) is 5.21 Å². The van der Waals surface area contributed by atoms with Gasteiger partial charge in [0.25, 0.3) is 5.91 Å². The monoisotopic (exact) mass is 252 g/mol. The van der Waals surface area contributed by atoms with Crippen LogP contribution in [-0.2, 0) is 4.79 Å². The number of rotatable bonds is 8. The lowest BCUT2D eigenvalue weighted by molar-refractivity contribution is -0.114. The minimum absolute atomic E-state index is 0. The third-order valence-corrected chi connectivity index (χ3v) is 1.73. The number of hydrogen-bond acceptors (Lipinski definition) is 5. The molecule has 0 aromatic rings. The predicted octanol–water partition coefficient (Wildman–Crippen LogP) is -0.474. The number of oxime groups is 1. The molecule has 0 aliphatic carbocycles. The Balaban J connectivity index is 0. The Bertz CT molecular complexity index is 200. The van der Waals surface area contributed by atoms with E-state index >= 15 is 0 Å². The fraction of sp³-hybridized carbons (Fsp3) is 0.778. The van der Waals surface area contributed by atoms with Gasteiger partial charge in [-0.05, 0) is 33.6 Å². The lowest BCUT2D eigenvalue weighted by atomic mass is 10.4. The van der Waals surface area contributed by atoms with Crippen molar-refractivity contribution in [3.8, 4) is 0 Å². The third kappa shape index (κ3) is 13.2. The molecule has 0 fully saturated rings. The molecule has 0 saturated heterocycles. The van der Waals surface area contributed by atoms with Gasteiger partial charge in [-0.15, -0.1) is 12.4 Å². The van der Waals surface area contributed by atoms with E-state index in [1.54, 1.807) is 0 Å². The van der Waals surface area contributed by atoms with Crippen LogP contribution in [0.3, 0.4) is 0 Å². The van der Waals surface area contributed by atoms with E-state index in [0.717, 1.165) is 32.3 Å². The second-order valence-corrected chi connectivity index (χ2v) is 3.44. The molecule has 0 aromatic carbocycles. The van der Waals surface area contributed by atoms with Crippen molar-refractivity contribution in [2.75, 3.05) is 40.3 Å². The van der Waals surface area contributed by atoms with Crippen LogP contribution < -0.4 is 10.6 Å². The summed E-state index contributed by atoms with van der Waals surface area (Å²) in [7, 11) is 4.07. The van der Waals surface area contributed by atoms with Gasteiger partial charge in [0.05, 0.1) is 0 Å². The van der Waals surface area contributed by atoms with E-state index in [1.807, 2.05) is 14.1 Å². The number of nitrogens with zero attached hydrogens (tertiary/aromatic N) is 2. The molecule has 6 nitrogen and oxygen atoms in total. The van der Waals surface area contributed by atoms with E-state index in [0.29, 0.717) is 6.54 Å². The van der Waals surface area contributed by atoms with E-state index in [9.17, 15) is 4.79 Å². The average molecular weight is 253 g/mol. The molecule has 0 aromatic heterocycles. The van der Waals surface area contributed by atoms with E-state index in [1.165, 1.54) is 0 Å². The maximum Gasteiger partial charge on any atom is 0.265 e. The van der Waals surface area contributed by atoms with Gasteiger partial charge < -0.3 is 20.7 Å². The molecule has 0 aliphatic rings. The number of amides is 1.